The van der Waals surface area contributed by atoms with Crippen molar-refractivity contribution < 1.29 is 22.7 Å². The summed E-state index contributed by atoms with van der Waals surface area (Å²) in [6.45, 7) is 1.00. The molecule has 4 rings (SSSR count). The van der Waals surface area contributed by atoms with Crippen molar-refractivity contribution in [1.82, 2.24) is 9.88 Å². The first-order chi connectivity index (χ1) is 14.6. The molecule has 0 saturated carbocycles. The lowest BCUT2D eigenvalue weighted by Crippen LogP contribution is -2.41. The number of aromatic nitrogens is 1. The summed E-state index contributed by atoms with van der Waals surface area (Å²) in [5.41, 5.74) is 0.939. The molecule has 156 valence electrons. The number of rotatable bonds is 6. The highest BCUT2D eigenvalue weighted by molar-refractivity contribution is 5.78. The molecule has 0 radical (unpaired) electrons. The minimum atomic E-state index is -0.404. The second-order valence-corrected chi connectivity index (χ2v) is 7.39. The number of nitrogens with zero attached hydrogens (tertiary/aromatic N) is 2. The predicted octanol–water partition coefficient (Wildman–Crippen LogP) is 4.33. The number of likely N-dealkylation sites (tertiary alicyclic amines) is 1. The zero-order valence-corrected chi connectivity index (χ0v) is 16.4. The van der Waals surface area contributed by atoms with Crippen LogP contribution in [0.2, 0.25) is 0 Å². The maximum Gasteiger partial charge on any atom is 0.260 e. The summed E-state index contributed by atoms with van der Waals surface area (Å²) in [6.07, 6.45) is 3.94. The van der Waals surface area contributed by atoms with Gasteiger partial charge in [0, 0.05) is 25.6 Å². The Balaban J connectivity index is 1.33. The Kier molecular flexibility index (Phi) is 6.07. The maximum absolute atomic E-state index is 13.2. The highest BCUT2D eigenvalue weighted by Crippen LogP contribution is 2.27. The van der Waals surface area contributed by atoms with Gasteiger partial charge in [0.05, 0.1) is 12.1 Å². The summed E-state index contributed by atoms with van der Waals surface area (Å²) in [6, 6.07) is 12.0. The van der Waals surface area contributed by atoms with Crippen LogP contribution in [0.15, 0.2) is 59.1 Å². The molecule has 1 aliphatic rings. The second-order valence-electron chi connectivity index (χ2n) is 7.39. The van der Waals surface area contributed by atoms with E-state index in [1.54, 1.807) is 29.3 Å². The first-order valence-electron chi connectivity index (χ1n) is 9.92. The Morgan fingerprint density at radius 2 is 2.00 bits per heavy atom. The summed E-state index contributed by atoms with van der Waals surface area (Å²) < 4.78 is 37.6. The highest BCUT2D eigenvalue weighted by Gasteiger charge is 2.28. The third kappa shape index (κ3) is 5.03. The number of amides is 1. The molecular formula is C23H22F2N2O3. The number of benzene rings is 2. The van der Waals surface area contributed by atoms with E-state index < -0.39 is 5.82 Å². The molecule has 1 fully saturated rings. The summed E-state index contributed by atoms with van der Waals surface area (Å²) in [4.78, 5) is 18.7. The van der Waals surface area contributed by atoms with Gasteiger partial charge in [-0.3, -0.25) is 4.79 Å². The van der Waals surface area contributed by atoms with E-state index >= 15 is 0 Å². The monoisotopic (exact) mass is 412 g/mol. The zero-order chi connectivity index (χ0) is 20.9. The van der Waals surface area contributed by atoms with Gasteiger partial charge in [0.1, 0.15) is 23.1 Å². The lowest BCUT2D eigenvalue weighted by Gasteiger charge is -2.31. The van der Waals surface area contributed by atoms with Crippen LogP contribution in [-0.4, -0.2) is 35.5 Å². The Morgan fingerprint density at radius 1 is 1.17 bits per heavy atom. The van der Waals surface area contributed by atoms with Crippen LogP contribution in [-0.2, 0) is 11.2 Å². The molecule has 1 aliphatic heterocycles. The Hall–Kier alpha value is -3.22. The number of carbonyl (C=O) groups is 1. The minimum absolute atomic E-state index is 0.0128. The molecule has 1 amide bonds. The Bertz CT molecular complexity index is 1000. The van der Waals surface area contributed by atoms with Crippen molar-refractivity contribution in [3.05, 3.63) is 83.6 Å². The van der Waals surface area contributed by atoms with Crippen LogP contribution >= 0.6 is 0 Å². The molecule has 2 aromatic carbocycles. The van der Waals surface area contributed by atoms with Crippen molar-refractivity contribution in [2.75, 3.05) is 19.7 Å². The number of hydrogen-bond donors (Lipinski definition) is 0. The van der Waals surface area contributed by atoms with Crippen LogP contribution in [0.3, 0.4) is 0 Å². The molecule has 0 bridgehead atoms. The third-order valence-corrected chi connectivity index (χ3v) is 5.14. The predicted molar refractivity (Wildman–Crippen MR) is 106 cm³/mol. The van der Waals surface area contributed by atoms with Gasteiger partial charge in [-0.05, 0) is 42.7 Å². The molecule has 1 aromatic heterocycles. The molecule has 0 unspecified atom stereocenters. The van der Waals surface area contributed by atoms with E-state index in [-0.39, 0.29) is 24.2 Å². The van der Waals surface area contributed by atoms with E-state index in [0.717, 1.165) is 18.4 Å². The molecule has 2 heterocycles. The van der Waals surface area contributed by atoms with Gasteiger partial charge >= 0.3 is 0 Å². The molecule has 1 saturated heterocycles. The van der Waals surface area contributed by atoms with Gasteiger partial charge in [0.15, 0.2) is 12.5 Å². The molecule has 7 heteroatoms. The van der Waals surface area contributed by atoms with E-state index in [1.165, 1.54) is 30.3 Å². The molecule has 0 N–H and O–H groups in total. The fourth-order valence-electron chi connectivity index (χ4n) is 3.59. The summed E-state index contributed by atoms with van der Waals surface area (Å²) in [5, 5.41) is 0. The van der Waals surface area contributed by atoms with Crippen LogP contribution in [0.25, 0.3) is 0 Å². The average molecular weight is 412 g/mol. The van der Waals surface area contributed by atoms with Crippen molar-refractivity contribution in [2.24, 2.45) is 0 Å². The number of piperidine rings is 1. The van der Waals surface area contributed by atoms with Crippen LogP contribution in [0, 0.1) is 11.6 Å². The smallest absolute Gasteiger partial charge is 0.260 e. The molecule has 0 aliphatic carbocycles. The number of halogens is 2. The summed E-state index contributed by atoms with van der Waals surface area (Å²) in [7, 11) is 0. The zero-order valence-electron chi connectivity index (χ0n) is 16.4. The molecule has 5 nitrogen and oxygen atoms in total. The fraction of sp³-hybridized carbons (Fsp3) is 0.304. The number of ether oxygens (including phenoxy) is 1. The summed E-state index contributed by atoms with van der Waals surface area (Å²) in [5.74, 6) is 0.824. The average Bonchev–Trinajstić information content (AvgIpc) is 3.22. The van der Waals surface area contributed by atoms with E-state index in [0.29, 0.717) is 36.9 Å². The van der Waals surface area contributed by atoms with Crippen LogP contribution in [0.5, 0.6) is 5.75 Å². The van der Waals surface area contributed by atoms with Crippen molar-refractivity contribution in [2.45, 2.75) is 25.2 Å². The topological polar surface area (TPSA) is 55.6 Å². The minimum Gasteiger partial charge on any atom is -0.484 e. The third-order valence-electron chi connectivity index (χ3n) is 5.14. The Morgan fingerprint density at radius 3 is 2.80 bits per heavy atom. The van der Waals surface area contributed by atoms with Crippen molar-refractivity contribution in [1.29, 1.82) is 0 Å². The van der Waals surface area contributed by atoms with Crippen LogP contribution in [0.1, 0.15) is 36.0 Å². The van der Waals surface area contributed by atoms with Gasteiger partial charge in [0.25, 0.3) is 5.91 Å². The van der Waals surface area contributed by atoms with Gasteiger partial charge in [-0.25, -0.2) is 13.8 Å². The quantitative estimate of drug-likeness (QED) is 0.605. The molecule has 30 heavy (non-hydrogen) atoms. The SMILES string of the molecule is O=C(COc1cccc(F)c1)N1CCC[C@@H](c2ncc(Cc3ccc(F)cc3)o2)C1. The van der Waals surface area contributed by atoms with Crippen LogP contribution < -0.4 is 4.74 Å². The molecule has 3 aromatic rings. The van der Waals surface area contributed by atoms with Gasteiger partial charge < -0.3 is 14.1 Å². The maximum atomic E-state index is 13.2. The van der Waals surface area contributed by atoms with Crippen molar-refractivity contribution >= 4 is 5.91 Å². The molecule has 0 spiro atoms. The number of oxazole rings is 1. The lowest BCUT2D eigenvalue weighted by atomic mass is 9.98. The van der Waals surface area contributed by atoms with Gasteiger partial charge in [0.2, 0.25) is 0 Å². The first-order valence-corrected chi connectivity index (χ1v) is 9.92. The lowest BCUT2D eigenvalue weighted by molar-refractivity contribution is -0.134. The van der Waals surface area contributed by atoms with E-state index in [2.05, 4.69) is 4.98 Å². The molecular weight excluding hydrogens is 390 g/mol. The fourth-order valence-corrected chi connectivity index (χ4v) is 3.59. The normalized spacial score (nSPS) is 16.5. The van der Waals surface area contributed by atoms with Gasteiger partial charge in [-0.1, -0.05) is 18.2 Å². The molecule has 1 atom stereocenters. The number of carbonyl (C=O) groups excluding carboxylic acids is 1. The Labute approximate surface area is 173 Å². The van der Waals surface area contributed by atoms with E-state index in [9.17, 15) is 13.6 Å². The van der Waals surface area contributed by atoms with Crippen LogP contribution in [0.4, 0.5) is 8.78 Å². The summed E-state index contributed by atoms with van der Waals surface area (Å²) >= 11 is 0. The highest BCUT2D eigenvalue weighted by atomic mass is 19.1. The van der Waals surface area contributed by atoms with Gasteiger partial charge in [-0.15, -0.1) is 0 Å². The van der Waals surface area contributed by atoms with E-state index in [4.69, 9.17) is 9.15 Å². The van der Waals surface area contributed by atoms with Crippen molar-refractivity contribution in [3.8, 4) is 5.75 Å². The van der Waals surface area contributed by atoms with E-state index in [1.807, 2.05) is 0 Å². The largest absolute Gasteiger partial charge is 0.484 e. The second kappa shape index (κ2) is 9.07. The van der Waals surface area contributed by atoms with Gasteiger partial charge in [-0.2, -0.15) is 0 Å². The van der Waals surface area contributed by atoms with Crippen molar-refractivity contribution in [3.63, 3.8) is 0 Å². The first kappa shape index (κ1) is 20.1. The number of hydrogen-bond acceptors (Lipinski definition) is 4. The standard InChI is InChI=1S/C23H22F2N2O3/c24-18-8-6-16(7-9-18)11-21-13-26-23(30-21)17-3-2-10-27(14-17)22(28)15-29-20-5-1-4-19(25)12-20/h1,4-9,12-13,17H,2-3,10-11,14-15H2/t17-/m1/s1.